The van der Waals surface area contributed by atoms with Gasteiger partial charge in [-0.15, -0.1) is 0 Å². The Balaban J connectivity index is 3.27. The van der Waals surface area contributed by atoms with Crippen LogP contribution in [0.25, 0.3) is 0 Å². The van der Waals surface area contributed by atoms with E-state index in [1.54, 1.807) is 13.0 Å². The summed E-state index contributed by atoms with van der Waals surface area (Å²) in [6.45, 7) is 5.69. The van der Waals surface area contributed by atoms with Gasteiger partial charge in [0.2, 0.25) is 5.75 Å². The molecule has 1 aromatic carbocycles. The number of aromatic hydroxyl groups is 1. The lowest BCUT2D eigenvalue weighted by atomic mass is 10.00. The summed E-state index contributed by atoms with van der Waals surface area (Å²) < 4.78 is 0. The van der Waals surface area contributed by atoms with Crippen LogP contribution in [0.2, 0.25) is 0 Å². The van der Waals surface area contributed by atoms with Gasteiger partial charge in [0, 0.05) is 5.56 Å². The molecule has 1 aromatic rings. The van der Waals surface area contributed by atoms with Crippen LogP contribution >= 0.6 is 0 Å². The second-order valence-electron chi connectivity index (χ2n) is 3.40. The molecule has 0 spiro atoms. The first-order chi connectivity index (χ1) is 6.07. The average molecular weight is 182 g/mol. The minimum Gasteiger partial charge on any atom is -0.504 e. The predicted molar refractivity (Wildman–Crippen MR) is 50.2 cm³/mol. The van der Waals surface area contributed by atoms with E-state index in [2.05, 4.69) is 4.89 Å². The van der Waals surface area contributed by atoms with Gasteiger partial charge >= 0.3 is 0 Å². The topological polar surface area (TPSA) is 49.7 Å². The van der Waals surface area contributed by atoms with Crippen LogP contribution in [0.4, 0.5) is 0 Å². The minimum atomic E-state index is 0.0255. The number of benzene rings is 1. The highest BCUT2D eigenvalue weighted by molar-refractivity contribution is 5.51. The summed E-state index contributed by atoms with van der Waals surface area (Å²) in [6, 6.07) is 3.64. The van der Waals surface area contributed by atoms with Crippen LogP contribution in [0.15, 0.2) is 12.1 Å². The molecule has 0 saturated carbocycles. The van der Waals surface area contributed by atoms with Crippen LogP contribution in [0, 0.1) is 6.92 Å². The molecule has 72 valence electrons. The lowest BCUT2D eigenvalue weighted by Crippen LogP contribution is -1.94. The molecule has 0 aliphatic carbocycles. The third kappa shape index (κ3) is 1.75. The third-order valence-corrected chi connectivity index (χ3v) is 2.07. The molecule has 13 heavy (non-hydrogen) atoms. The first kappa shape index (κ1) is 9.86. The summed E-state index contributed by atoms with van der Waals surface area (Å²) in [5.41, 5.74) is 1.49. The minimum absolute atomic E-state index is 0.0255. The monoisotopic (exact) mass is 182 g/mol. The van der Waals surface area contributed by atoms with Crippen LogP contribution in [0.5, 0.6) is 11.5 Å². The van der Waals surface area contributed by atoms with Gasteiger partial charge in [-0.1, -0.05) is 26.0 Å². The normalized spacial score (nSPS) is 10.5. The first-order valence-corrected chi connectivity index (χ1v) is 4.21. The zero-order chi connectivity index (χ0) is 10.0. The van der Waals surface area contributed by atoms with Crippen LogP contribution in [-0.4, -0.2) is 10.4 Å². The highest BCUT2D eigenvalue weighted by Gasteiger charge is 2.13. The molecule has 0 amide bonds. The second kappa shape index (κ2) is 3.66. The van der Waals surface area contributed by atoms with Crippen molar-refractivity contribution in [3.05, 3.63) is 23.3 Å². The summed E-state index contributed by atoms with van der Waals surface area (Å²) in [7, 11) is 0. The molecule has 0 bridgehead atoms. The molecule has 0 saturated heterocycles. The van der Waals surface area contributed by atoms with Gasteiger partial charge in [-0.05, 0) is 18.4 Å². The van der Waals surface area contributed by atoms with Crippen LogP contribution in [0.3, 0.4) is 0 Å². The van der Waals surface area contributed by atoms with E-state index in [-0.39, 0.29) is 17.4 Å². The summed E-state index contributed by atoms with van der Waals surface area (Å²) in [4.78, 5) is 4.12. The average Bonchev–Trinajstić information content (AvgIpc) is 2.04. The second-order valence-corrected chi connectivity index (χ2v) is 3.40. The van der Waals surface area contributed by atoms with Gasteiger partial charge in [-0.2, -0.15) is 0 Å². The molecule has 0 unspecified atom stereocenters. The Hall–Kier alpha value is -1.22. The van der Waals surface area contributed by atoms with E-state index in [9.17, 15) is 5.11 Å². The highest BCUT2D eigenvalue weighted by Crippen LogP contribution is 2.36. The van der Waals surface area contributed by atoms with Crippen LogP contribution in [-0.2, 0) is 0 Å². The maximum atomic E-state index is 9.66. The molecule has 0 fully saturated rings. The molecular formula is C10H14O3. The van der Waals surface area contributed by atoms with Crippen molar-refractivity contribution in [2.75, 3.05) is 0 Å². The van der Waals surface area contributed by atoms with Crippen molar-refractivity contribution in [3.63, 3.8) is 0 Å². The molecule has 0 radical (unpaired) electrons. The molecule has 3 heteroatoms. The first-order valence-electron chi connectivity index (χ1n) is 4.21. The zero-order valence-corrected chi connectivity index (χ0v) is 8.03. The fraction of sp³-hybridized carbons (Fsp3) is 0.400. The van der Waals surface area contributed by atoms with E-state index in [1.807, 2.05) is 19.9 Å². The Morgan fingerprint density at radius 3 is 2.38 bits per heavy atom. The molecule has 1 rings (SSSR count). The Labute approximate surface area is 77.5 Å². The van der Waals surface area contributed by atoms with Crippen molar-refractivity contribution >= 4 is 0 Å². The van der Waals surface area contributed by atoms with Crippen molar-refractivity contribution in [3.8, 4) is 11.5 Å². The van der Waals surface area contributed by atoms with Gasteiger partial charge in [-0.25, -0.2) is 5.26 Å². The van der Waals surface area contributed by atoms with Crippen molar-refractivity contribution in [1.29, 1.82) is 0 Å². The Kier molecular flexibility index (Phi) is 2.78. The van der Waals surface area contributed by atoms with Crippen molar-refractivity contribution < 1.29 is 15.3 Å². The number of hydrogen-bond acceptors (Lipinski definition) is 3. The lowest BCUT2D eigenvalue weighted by molar-refractivity contribution is -0.139. The third-order valence-electron chi connectivity index (χ3n) is 2.07. The number of phenols is 1. The smallest absolute Gasteiger partial charge is 0.209 e. The molecule has 0 aliphatic heterocycles. The number of phenolic OH excluding ortho intramolecular Hbond substituents is 1. The Morgan fingerprint density at radius 2 is 1.92 bits per heavy atom. The van der Waals surface area contributed by atoms with E-state index in [0.717, 1.165) is 5.56 Å². The van der Waals surface area contributed by atoms with Crippen molar-refractivity contribution in [2.24, 2.45) is 0 Å². The van der Waals surface area contributed by atoms with Gasteiger partial charge in [0.15, 0.2) is 5.75 Å². The molecule has 3 nitrogen and oxygen atoms in total. The van der Waals surface area contributed by atoms with Crippen LogP contribution in [0.1, 0.15) is 30.9 Å². The summed E-state index contributed by atoms with van der Waals surface area (Å²) in [5.74, 6) is 0.373. The molecule has 0 heterocycles. The highest BCUT2D eigenvalue weighted by atomic mass is 17.1. The SMILES string of the molecule is Cc1ccc(C(C)C)c(O)c1OO. The number of rotatable bonds is 2. The fourth-order valence-corrected chi connectivity index (χ4v) is 1.27. The number of aryl methyl sites for hydroxylation is 1. The molecule has 0 atom stereocenters. The van der Waals surface area contributed by atoms with Crippen molar-refractivity contribution in [1.82, 2.24) is 0 Å². The maximum Gasteiger partial charge on any atom is 0.209 e. The van der Waals surface area contributed by atoms with Crippen molar-refractivity contribution in [2.45, 2.75) is 26.7 Å². The fourth-order valence-electron chi connectivity index (χ4n) is 1.27. The van der Waals surface area contributed by atoms with Gasteiger partial charge in [0.05, 0.1) is 0 Å². The van der Waals surface area contributed by atoms with Gasteiger partial charge in [0.25, 0.3) is 0 Å². The van der Waals surface area contributed by atoms with E-state index in [1.165, 1.54) is 0 Å². The van der Waals surface area contributed by atoms with E-state index in [0.29, 0.717) is 5.56 Å². The molecule has 2 N–H and O–H groups in total. The standard InChI is InChI=1S/C10H14O3/c1-6(2)8-5-4-7(3)10(13-12)9(8)11/h4-6,11-12H,1-3H3. The quantitative estimate of drug-likeness (QED) is 0.546. The molecule has 0 aliphatic rings. The van der Waals surface area contributed by atoms with Gasteiger partial charge in [-0.3, -0.25) is 0 Å². The summed E-state index contributed by atoms with van der Waals surface area (Å²) >= 11 is 0. The van der Waals surface area contributed by atoms with E-state index in [4.69, 9.17) is 5.26 Å². The number of hydrogen-bond donors (Lipinski definition) is 2. The molecule has 0 aromatic heterocycles. The predicted octanol–water partition coefficient (Wildman–Crippen LogP) is 2.68. The summed E-state index contributed by atoms with van der Waals surface area (Å²) in [5, 5.41) is 18.2. The van der Waals surface area contributed by atoms with Crippen LogP contribution < -0.4 is 4.89 Å². The Bertz CT molecular complexity index is 305. The van der Waals surface area contributed by atoms with Gasteiger partial charge in [0.1, 0.15) is 0 Å². The maximum absolute atomic E-state index is 9.66. The summed E-state index contributed by atoms with van der Waals surface area (Å²) in [6.07, 6.45) is 0. The van der Waals surface area contributed by atoms with Gasteiger partial charge < -0.3 is 9.99 Å². The van der Waals surface area contributed by atoms with E-state index < -0.39 is 0 Å². The molecular weight excluding hydrogens is 168 g/mol. The van der Waals surface area contributed by atoms with E-state index >= 15 is 0 Å². The Morgan fingerprint density at radius 1 is 1.31 bits per heavy atom. The lowest BCUT2D eigenvalue weighted by Gasteiger charge is -2.11. The largest absolute Gasteiger partial charge is 0.504 e. The zero-order valence-electron chi connectivity index (χ0n) is 8.03.